The highest BCUT2D eigenvalue weighted by atomic mass is 15.3. The van der Waals surface area contributed by atoms with E-state index >= 15 is 0 Å². The Labute approximate surface area is 104 Å². The van der Waals surface area contributed by atoms with Crippen LogP contribution in [0.25, 0.3) is 17.0 Å². The normalized spacial score (nSPS) is 11.3. The summed E-state index contributed by atoms with van der Waals surface area (Å²) in [6.07, 6.45) is 1.83. The van der Waals surface area contributed by atoms with Gasteiger partial charge in [0.05, 0.1) is 11.3 Å². The lowest BCUT2D eigenvalue weighted by molar-refractivity contribution is 0.731. The van der Waals surface area contributed by atoms with E-state index in [1.54, 1.807) is 0 Å². The second-order valence-corrected chi connectivity index (χ2v) is 4.38. The molecule has 6 heteroatoms. The van der Waals surface area contributed by atoms with Crippen molar-refractivity contribution in [3.8, 4) is 11.4 Å². The summed E-state index contributed by atoms with van der Waals surface area (Å²) in [6, 6.07) is 3.67. The van der Waals surface area contributed by atoms with Gasteiger partial charge >= 0.3 is 0 Å². The van der Waals surface area contributed by atoms with Crippen molar-refractivity contribution >= 4 is 11.3 Å². The van der Waals surface area contributed by atoms with Crippen LogP contribution in [0.1, 0.15) is 11.4 Å². The van der Waals surface area contributed by atoms with Crippen LogP contribution in [0.2, 0.25) is 0 Å². The smallest absolute Gasteiger partial charge is 0.172 e. The predicted molar refractivity (Wildman–Crippen MR) is 69.1 cm³/mol. The van der Waals surface area contributed by atoms with Crippen molar-refractivity contribution in [1.82, 2.24) is 24.4 Å². The lowest BCUT2D eigenvalue weighted by Gasteiger charge is -2.01. The van der Waals surface area contributed by atoms with Gasteiger partial charge in [0.1, 0.15) is 0 Å². The number of anilines is 1. The monoisotopic (exact) mass is 242 g/mol. The van der Waals surface area contributed by atoms with E-state index in [-0.39, 0.29) is 0 Å². The summed E-state index contributed by atoms with van der Waals surface area (Å²) in [5.41, 5.74) is 10.3. The third kappa shape index (κ3) is 1.38. The molecule has 3 heterocycles. The Hall–Kier alpha value is -2.37. The molecule has 0 aliphatic carbocycles. The molecule has 2 N–H and O–H groups in total. The van der Waals surface area contributed by atoms with Gasteiger partial charge in [-0.1, -0.05) is 0 Å². The van der Waals surface area contributed by atoms with E-state index in [1.807, 2.05) is 48.3 Å². The lowest BCUT2D eigenvalue weighted by atomic mass is 10.2. The van der Waals surface area contributed by atoms with E-state index in [4.69, 9.17) is 5.73 Å². The molecule has 3 aromatic heterocycles. The first-order valence-corrected chi connectivity index (χ1v) is 5.69. The van der Waals surface area contributed by atoms with E-state index in [0.29, 0.717) is 5.69 Å². The predicted octanol–water partition coefficient (Wildman–Crippen LogP) is 1.33. The van der Waals surface area contributed by atoms with Gasteiger partial charge < -0.3 is 5.73 Å². The molecule has 0 radical (unpaired) electrons. The van der Waals surface area contributed by atoms with Crippen molar-refractivity contribution < 1.29 is 0 Å². The highest BCUT2D eigenvalue weighted by molar-refractivity contribution is 5.65. The van der Waals surface area contributed by atoms with Crippen LogP contribution in [0.5, 0.6) is 0 Å². The first kappa shape index (κ1) is 10.8. The summed E-state index contributed by atoms with van der Waals surface area (Å²) < 4.78 is 3.74. The van der Waals surface area contributed by atoms with Crippen LogP contribution in [0.3, 0.4) is 0 Å². The third-order valence-electron chi connectivity index (χ3n) is 3.16. The van der Waals surface area contributed by atoms with Crippen molar-refractivity contribution in [3.05, 3.63) is 29.7 Å². The van der Waals surface area contributed by atoms with Crippen LogP contribution in [-0.4, -0.2) is 24.4 Å². The molecule has 0 atom stereocenters. The minimum absolute atomic E-state index is 0.683. The summed E-state index contributed by atoms with van der Waals surface area (Å²) in [5.74, 6) is 0.778. The summed E-state index contributed by atoms with van der Waals surface area (Å²) in [6.45, 7) is 3.98. The van der Waals surface area contributed by atoms with Crippen molar-refractivity contribution in [2.24, 2.45) is 7.05 Å². The van der Waals surface area contributed by atoms with Gasteiger partial charge in [0.15, 0.2) is 11.5 Å². The molecule has 0 fully saturated rings. The van der Waals surface area contributed by atoms with Gasteiger partial charge in [0, 0.05) is 24.6 Å². The molecule has 3 rings (SSSR count). The standard InChI is InChI=1S/C12H14N6/c1-7-11(8(2)17(3)16-7)12-15-14-10-5-4-9(13)6-18(10)12/h4-6H,13H2,1-3H3. The number of fused-ring (bicyclic) bond motifs is 1. The fraction of sp³-hybridized carbons (Fsp3) is 0.250. The Morgan fingerprint density at radius 3 is 2.61 bits per heavy atom. The maximum atomic E-state index is 5.81. The number of nitrogens with zero attached hydrogens (tertiary/aromatic N) is 5. The van der Waals surface area contributed by atoms with Gasteiger partial charge in [-0.25, -0.2) is 0 Å². The number of nitrogen functional groups attached to an aromatic ring is 1. The van der Waals surface area contributed by atoms with Crippen molar-refractivity contribution in [2.75, 3.05) is 5.73 Å². The fourth-order valence-electron chi connectivity index (χ4n) is 2.17. The van der Waals surface area contributed by atoms with Crippen LogP contribution in [0, 0.1) is 13.8 Å². The van der Waals surface area contributed by atoms with Gasteiger partial charge in [-0.3, -0.25) is 9.08 Å². The number of pyridine rings is 1. The summed E-state index contributed by atoms with van der Waals surface area (Å²) in [7, 11) is 1.92. The molecule has 0 aliphatic heterocycles. The third-order valence-corrected chi connectivity index (χ3v) is 3.16. The molecule has 18 heavy (non-hydrogen) atoms. The maximum Gasteiger partial charge on any atom is 0.172 e. The molecule has 0 spiro atoms. The summed E-state index contributed by atoms with van der Waals surface area (Å²) in [4.78, 5) is 0. The van der Waals surface area contributed by atoms with Crippen LogP contribution in [-0.2, 0) is 7.05 Å². The van der Waals surface area contributed by atoms with E-state index in [0.717, 1.165) is 28.4 Å². The zero-order valence-electron chi connectivity index (χ0n) is 10.5. The molecular weight excluding hydrogens is 228 g/mol. The van der Waals surface area contributed by atoms with Gasteiger partial charge in [0.25, 0.3) is 0 Å². The molecule has 0 aromatic carbocycles. The highest BCUT2D eigenvalue weighted by Crippen LogP contribution is 2.25. The van der Waals surface area contributed by atoms with Crippen molar-refractivity contribution in [3.63, 3.8) is 0 Å². The quantitative estimate of drug-likeness (QED) is 0.698. The number of aromatic nitrogens is 5. The maximum absolute atomic E-state index is 5.81. The van der Waals surface area contributed by atoms with Crippen LogP contribution in [0.4, 0.5) is 5.69 Å². The molecular formula is C12H14N6. The molecule has 0 unspecified atom stereocenters. The Kier molecular flexibility index (Phi) is 2.13. The summed E-state index contributed by atoms with van der Waals surface area (Å²) >= 11 is 0. The second-order valence-electron chi connectivity index (χ2n) is 4.38. The number of hydrogen-bond acceptors (Lipinski definition) is 4. The Morgan fingerprint density at radius 2 is 1.94 bits per heavy atom. The van der Waals surface area contributed by atoms with Gasteiger partial charge in [-0.05, 0) is 26.0 Å². The largest absolute Gasteiger partial charge is 0.398 e. The lowest BCUT2D eigenvalue weighted by Crippen LogP contribution is -1.95. The van der Waals surface area contributed by atoms with Crippen LogP contribution < -0.4 is 5.73 Å². The molecule has 3 aromatic rings. The van der Waals surface area contributed by atoms with E-state index < -0.39 is 0 Å². The first-order chi connectivity index (χ1) is 8.58. The van der Waals surface area contributed by atoms with Crippen LogP contribution in [0.15, 0.2) is 18.3 Å². The molecule has 0 amide bonds. The molecule has 6 nitrogen and oxygen atoms in total. The van der Waals surface area contributed by atoms with Gasteiger partial charge in [0.2, 0.25) is 0 Å². The number of hydrogen-bond donors (Lipinski definition) is 1. The Balaban J connectivity index is 2.35. The number of aryl methyl sites for hydroxylation is 2. The van der Waals surface area contributed by atoms with Crippen LogP contribution >= 0.6 is 0 Å². The topological polar surface area (TPSA) is 74.0 Å². The number of rotatable bonds is 1. The molecule has 92 valence electrons. The van der Waals surface area contributed by atoms with Crippen molar-refractivity contribution in [1.29, 1.82) is 0 Å². The van der Waals surface area contributed by atoms with E-state index in [1.165, 1.54) is 0 Å². The molecule has 0 aliphatic rings. The van der Waals surface area contributed by atoms with Gasteiger partial charge in [-0.2, -0.15) is 5.10 Å². The van der Waals surface area contributed by atoms with E-state index in [9.17, 15) is 0 Å². The fourth-order valence-corrected chi connectivity index (χ4v) is 2.17. The molecule has 0 saturated heterocycles. The Morgan fingerprint density at radius 1 is 1.17 bits per heavy atom. The first-order valence-electron chi connectivity index (χ1n) is 5.69. The number of nitrogens with two attached hydrogens (primary N) is 1. The zero-order chi connectivity index (χ0) is 12.9. The summed E-state index contributed by atoms with van der Waals surface area (Å²) in [5, 5.41) is 12.8. The average molecular weight is 242 g/mol. The Bertz CT molecular complexity index is 736. The second kappa shape index (κ2) is 3.56. The minimum Gasteiger partial charge on any atom is -0.398 e. The van der Waals surface area contributed by atoms with Gasteiger partial charge in [-0.15, -0.1) is 10.2 Å². The molecule has 0 saturated carbocycles. The minimum atomic E-state index is 0.683. The van der Waals surface area contributed by atoms with Crippen molar-refractivity contribution in [2.45, 2.75) is 13.8 Å². The SMILES string of the molecule is Cc1nn(C)c(C)c1-c1nnc2ccc(N)cn12. The van der Waals surface area contributed by atoms with E-state index in [2.05, 4.69) is 15.3 Å². The average Bonchev–Trinajstić information content (AvgIpc) is 2.82. The highest BCUT2D eigenvalue weighted by Gasteiger charge is 2.17. The molecule has 0 bridgehead atoms. The zero-order valence-corrected chi connectivity index (χ0v) is 10.5.